The number of hydrogen-bond donors (Lipinski definition) is 0. The Balaban J connectivity index is 1.64. The molecule has 0 radical (unpaired) electrons. The van der Waals surface area contributed by atoms with Crippen LogP contribution in [-0.4, -0.2) is 36.2 Å². The highest BCUT2D eigenvalue weighted by molar-refractivity contribution is 14.2. The zero-order chi connectivity index (χ0) is 26.0. The molecule has 1 fully saturated rings. The van der Waals surface area contributed by atoms with Gasteiger partial charge in [-0.2, -0.15) is 4.31 Å². The molecule has 9 heteroatoms. The Bertz CT molecular complexity index is 1370. The Morgan fingerprint density at radius 3 is 2.19 bits per heavy atom. The lowest BCUT2D eigenvalue weighted by atomic mass is 9.84. The minimum absolute atomic E-state index is 0.0263. The van der Waals surface area contributed by atoms with E-state index in [1.165, 1.54) is 11.6 Å². The van der Waals surface area contributed by atoms with E-state index in [9.17, 15) is 8.42 Å². The second kappa shape index (κ2) is 11.7. The summed E-state index contributed by atoms with van der Waals surface area (Å²) in [6.45, 7) is 2.78. The van der Waals surface area contributed by atoms with E-state index < -0.39 is 10.0 Å². The molecule has 3 aromatic carbocycles. The normalized spacial score (nSPS) is 23.1. The van der Waals surface area contributed by atoms with Gasteiger partial charge in [0.2, 0.25) is 10.0 Å². The third-order valence-corrected chi connectivity index (χ3v) is 11.2. The van der Waals surface area contributed by atoms with E-state index in [1.54, 1.807) is 31.6 Å². The van der Waals surface area contributed by atoms with Crippen LogP contribution < -0.4 is 0 Å². The van der Waals surface area contributed by atoms with Crippen LogP contribution >= 0.6 is 41.9 Å². The number of benzene rings is 3. The fraction of sp³-hybridized carbons (Fsp3) is 0.286. The van der Waals surface area contributed by atoms with Gasteiger partial charge in [0.1, 0.15) is 0 Å². The summed E-state index contributed by atoms with van der Waals surface area (Å²) in [7, 11) is -2.14. The third-order valence-electron chi connectivity index (χ3n) is 7.04. The number of ether oxygens (including phenoxy) is 1. The molecule has 5 nitrogen and oxygen atoms in total. The van der Waals surface area contributed by atoms with Crippen molar-refractivity contribution in [3.63, 3.8) is 0 Å². The standard InChI is InChI=1S/C28H28ClIN2O3S2/c1-2-35-28-18-26(21-12-7-4-8-13-21)32(36-30)27-17-25(20-10-5-3-6-11-20)31(19-24(27)28)37(33,34)23-15-9-14-22(29)16-23/h3-16,25-27H,2,17-19H2,1H3/t25-,26-,27-/m0/s1. The van der Waals surface area contributed by atoms with Crippen molar-refractivity contribution in [2.75, 3.05) is 13.2 Å². The monoisotopic (exact) mass is 666 g/mol. The highest BCUT2D eigenvalue weighted by Gasteiger charge is 2.47. The predicted molar refractivity (Wildman–Crippen MR) is 159 cm³/mol. The van der Waals surface area contributed by atoms with E-state index in [-0.39, 0.29) is 29.6 Å². The molecule has 2 aliphatic rings. The van der Waals surface area contributed by atoms with Crippen LogP contribution in [0.25, 0.3) is 0 Å². The molecule has 0 spiro atoms. The first-order valence-corrected chi connectivity index (χ1v) is 17.4. The maximum Gasteiger partial charge on any atom is 0.243 e. The Hall–Kier alpha value is -1.56. The molecule has 0 aliphatic carbocycles. The molecule has 0 amide bonds. The number of sulfonamides is 1. The molecular formula is C28H28ClIN2O3S2. The Kier molecular flexibility index (Phi) is 8.53. The van der Waals surface area contributed by atoms with Crippen LogP contribution in [0.15, 0.2) is 101 Å². The van der Waals surface area contributed by atoms with Crippen molar-refractivity contribution in [3.05, 3.63) is 112 Å². The molecule has 194 valence electrons. The minimum atomic E-state index is -3.83. The summed E-state index contributed by atoms with van der Waals surface area (Å²) in [5.74, 6) is 0.904. The topological polar surface area (TPSA) is 49.9 Å². The largest absolute Gasteiger partial charge is 0.498 e. The van der Waals surface area contributed by atoms with Crippen molar-refractivity contribution in [1.29, 1.82) is 0 Å². The lowest BCUT2D eigenvalue weighted by Gasteiger charge is -2.49. The lowest BCUT2D eigenvalue weighted by Crippen LogP contribution is -2.51. The van der Waals surface area contributed by atoms with Crippen molar-refractivity contribution in [3.8, 4) is 0 Å². The van der Waals surface area contributed by atoms with E-state index in [0.717, 1.165) is 16.9 Å². The summed E-state index contributed by atoms with van der Waals surface area (Å²) in [4.78, 5) is 0.205. The van der Waals surface area contributed by atoms with Gasteiger partial charge in [-0.25, -0.2) is 12.7 Å². The smallest absolute Gasteiger partial charge is 0.243 e. The molecular weight excluding hydrogens is 639 g/mol. The third kappa shape index (κ3) is 5.46. The Labute approximate surface area is 240 Å². The number of rotatable bonds is 7. The van der Waals surface area contributed by atoms with Gasteiger partial charge in [0.15, 0.2) is 0 Å². The molecule has 0 bridgehead atoms. The number of piperidine rings is 1. The van der Waals surface area contributed by atoms with Crippen molar-refractivity contribution in [2.24, 2.45) is 0 Å². The molecule has 3 aromatic rings. The SMILES string of the molecule is CCOC1=C2CN(S(=O)(=O)c3cccc(Cl)c3)[C@H](c3ccccc3)C[C@@H]2N(SI)[C@H](c2ccccc2)C1. The average molecular weight is 667 g/mol. The summed E-state index contributed by atoms with van der Waals surface area (Å²) in [6, 6.07) is 26.8. The first-order valence-electron chi connectivity index (χ1n) is 12.2. The van der Waals surface area contributed by atoms with E-state index in [0.29, 0.717) is 24.5 Å². The quantitative estimate of drug-likeness (QED) is 0.192. The molecule has 5 rings (SSSR count). The first kappa shape index (κ1) is 27.0. The summed E-state index contributed by atoms with van der Waals surface area (Å²) in [5, 5.41) is 0.400. The number of hydrogen-bond acceptors (Lipinski definition) is 5. The van der Waals surface area contributed by atoms with E-state index in [2.05, 4.69) is 49.8 Å². The van der Waals surface area contributed by atoms with Crippen LogP contribution in [0.1, 0.15) is 43.0 Å². The number of nitrogens with zero attached hydrogens (tertiary/aromatic N) is 2. The summed E-state index contributed by atoms with van der Waals surface area (Å²) < 4.78 is 38.4. The van der Waals surface area contributed by atoms with Crippen molar-refractivity contribution >= 4 is 51.9 Å². The van der Waals surface area contributed by atoms with Crippen LogP contribution in [0.2, 0.25) is 5.02 Å². The molecule has 0 aromatic heterocycles. The van der Waals surface area contributed by atoms with E-state index in [4.69, 9.17) is 16.3 Å². The molecule has 0 saturated carbocycles. The lowest BCUT2D eigenvalue weighted by molar-refractivity contribution is 0.125. The molecule has 37 heavy (non-hydrogen) atoms. The molecule has 2 heterocycles. The first-order chi connectivity index (χ1) is 17.9. The predicted octanol–water partition coefficient (Wildman–Crippen LogP) is 7.58. The molecule has 0 unspecified atom stereocenters. The maximum atomic E-state index is 14.1. The van der Waals surface area contributed by atoms with Gasteiger partial charge >= 0.3 is 0 Å². The van der Waals surface area contributed by atoms with E-state index in [1.807, 2.05) is 43.3 Å². The maximum absolute atomic E-state index is 14.1. The van der Waals surface area contributed by atoms with Crippen LogP contribution in [0.3, 0.4) is 0 Å². The van der Waals surface area contributed by atoms with Crippen LogP contribution in [0, 0.1) is 0 Å². The highest BCUT2D eigenvalue weighted by atomic mass is 127. The van der Waals surface area contributed by atoms with Gasteiger partial charge in [-0.1, -0.05) is 78.3 Å². The van der Waals surface area contributed by atoms with Gasteiger partial charge in [0, 0.05) is 50.8 Å². The van der Waals surface area contributed by atoms with E-state index >= 15 is 0 Å². The molecule has 0 N–H and O–H groups in total. The Morgan fingerprint density at radius 1 is 0.946 bits per heavy atom. The van der Waals surface area contributed by atoms with Crippen LogP contribution in [0.4, 0.5) is 0 Å². The highest BCUT2D eigenvalue weighted by Crippen LogP contribution is 2.50. The van der Waals surface area contributed by atoms with Gasteiger partial charge in [-0.3, -0.25) is 0 Å². The van der Waals surface area contributed by atoms with Crippen LogP contribution in [-0.2, 0) is 14.8 Å². The van der Waals surface area contributed by atoms with Gasteiger partial charge in [0.25, 0.3) is 0 Å². The van der Waals surface area contributed by atoms with Crippen molar-refractivity contribution in [2.45, 2.75) is 42.8 Å². The van der Waals surface area contributed by atoms with Crippen LogP contribution in [0.5, 0.6) is 0 Å². The van der Waals surface area contributed by atoms with Gasteiger partial charge in [-0.05, 0) is 51.8 Å². The summed E-state index contributed by atoms with van der Waals surface area (Å²) in [5.41, 5.74) is 3.24. The number of fused-ring (bicyclic) bond motifs is 1. The second-order valence-corrected chi connectivity index (χ2v) is 13.2. The summed E-state index contributed by atoms with van der Waals surface area (Å²) in [6.07, 6.45) is 1.32. The van der Waals surface area contributed by atoms with Gasteiger partial charge in [0.05, 0.1) is 29.3 Å². The van der Waals surface area contributed by atoms with Crippen molar-refractivity contribution in [1.82, 2.24) is 8.61 Å². The molecule has 2 aliphatic heterocycles. The fourth-order valence-electron chi connectivity index (χ4n) is 5.36. The van der Waals surface area contributed by atoms with Gasteiger partial charge in [-0.15, -0.1) is 0 Å². The average Bonchev–Trinajstić information content (AvgIpc) is 2.93. The zero-order valence-electron chi connectivity index (χ0n) is 20.3. The zero-order valence-corrected chi connectivity index (χ0v) is 24.9. The Morgan fingerprint density at radius 2 is 1.59 bits per heavy atom. The number of halogens is 2. The molecule has 1 saturated heterocycles. The summed E-state index contributed by atoms with van der Waals surface area (Å²) >= 11 is 8.56. The second-order valence-electron chi connectivity index (χ2n) is 9.13. The van der Waals surface area contributed by atoms with Crippen molar-refractivity contribution < 1.29 is 13.2 Å². The fourth-order valence-corrected chi connectivity index (χ4v) is 9.51. The van der Waals surface area contributed by atoms with Gasteiger partial charge < -0.3 is 4.74 Å². The molecule has 3 atom stereocenters. The minimum Gasteiger partial charge on any atom is -0.498 e.